The van der Waals surface area contributed by atoms with Gasteiger partial charge in [-0.3, -0.25) is 0 Å². The Bertz CT molecular complexity index is 511. The highest BCUT2D eigenvalue weighted by atomic mass is 16.7. The molecule has 0 aromatic heterocycles. The van der Waals surface area contributed by atoms with E-state index in [1.807, 2.05) is 39.8 Å². The second-order valence-electron chi connectivity index (χ2n) is 6.01. The molecule has 5 nitrogen and oxygen atoms in total. The van der Waals surface area contributed by atoms with E-state index in [0.717, 1.165) is 5.46 Å². The van der Waals surface area contributed by atoms with Crippen molar-refractivity contribution in [3.8, 4) is 17.2 Å². The van der Waals surface area contributed by atoms with Crippen LogP contribution in [0.4, 0.5) is 0 Å². The zero-order valence-corrected chi connectivity index (χ0v) is 13.8. The third-order valence-corrected chi connectivity index (χ3v) is 4.24. The first kappa shape index (κ1) is 16.0. The van der Waals surface area contributed by atoms with Crippen LogP contribution in [0.1, 0.15) is 27.7 Å². The lowest BCUT2D eigenvalue weighted by molar-refractivity contribution is 0.00578. The summed E-state index contributed by atoms with van der Waals surface area (Å²) >= 11 is 0. The Hall–Kier alpha value is -1.40. The highest BCUT2D eigenvalue weighted by Crippen LogP contribution is 2.40. The monoisotopic (exact) mass is 294 g/mol. The molecule has 0 saturated carbocycles. The third kappa shape index (κ3) is 2.58. The molecule has 1 saturated heterocycles. The lowest BCUT2D eigenvalue weighted by atomic mass is 9.78. The van der Waals surface area contributed by atoms with Crippen molar-refractivity contribution in [2.24, 2.45) is 0 Å². The van der Waals surface area contributed by atoms with Crippen LogP contribution in [0.25, 0.3) is 0 Å². The lowest BCUT2D eigenvalue weighted by Crippen LogP contribution is -2.41. The van der Waals surface area contributed by atoms with Crippen LogP contribution < -0.4 is 19.7 Å². The molecule has 1 heterocycles. The number of ether oxygens (including phenoxy) is 3. The maximum atomic E-state index is 6.07. The van der Waals surface area contributed by atoms with Gasteiger partial charge in [0.2, 0.25) is 5.75 Å². The molecule has 0 radical (unpaired) electrons. The Kier molecular flexibility index (Phi) is 4.13. The zero-order chi connectivity index (χ0) is 15.8. The zero-order valence-electron chi connectivity index (χ0n) is 13.8. The number of benzene rings is 1. The van der Waals surface area contributed by atoms with Gasteiger partial charge in [0.25, 0.3) is 0 Å². The first-order valence-corrected chi connectivity index (χ1v) is 6.92. The van der Waals surface area contributed by atoms with E-state index in [0.29, 0.717) is 17.2 Å². The summed E-state index contributed by atoms with van der Waals surface area (Å²) in [7, 11) is 4.25. The van der Waals surface area contributed by atoms with Crippen LogP contribution >= 0.6 is 0 Å². The lowest BCUT2D eigenvalue weighted by Gasteiger charge is -2.32. The van der Waals surface area contributed by atoms with E-state index in [1.54, 1.807) is 21.3 Å². The molecule has 1 aliphatic heterocycles. The molecule has 6 heteroatoms. The van der Waals surface area contributed by atoms with E-state index in [2.05, 4.69) is 0 Å². The molecule has 0 atom stereocenters. The SMILES string of the molecule is COc1ccc(B2OC(C)(C)C(C)(C)O2)c(OC)c1OC. The highest BCUT2D eigenvalue weighted by molar-refractivity contribution is 6.63. The minimum Gasteiger partial charge on any atom is -0.493 e. The molecule has 0 N–H and O–H groups in total. The highest BCUT2D eigenvalue weighted by Gasteiger charge is 2.52. The van der Waals surface area contributed by atoms with Crippen molar-refractivity contribution in [3.05, 3.63) is 12.1 Å². The van der Waals surface area contributed by atoms with Crippen molar-refractivity contribution in [2.75, 3.05) is 21.3 Å². The largest absolute Gasteiger partial charge is 0.498 e. The quantitative estimate of drug-likeness (QED) is 0.795. The molecule has 1 aromatic carbocycles. The van der Waals surface area contributed by atoms with E-state index >= 15 is 0 Å². The van der Waals surface area contributed by atoms with Gasteiger partial charge in [0.05, 0.1) is 32.5 Å². The molecule has 0 amide bonds. The average Bonchev–Trinajstić information content (AvgIpc) is 2.65. The molecule has 21 heavy (non-hydrogen) atoms. The standard InChI is InChI=1S/C15H23BO5/c1-14(2)15(3,4)21-16(20-14)10-8-9-11(17-5)13(19-7)12(10)18-6/h8-9H,1-7H3. The van der Waals surface area contributed by atoms with Crippen molar-refractivity contribution >= 4 is 12.6 Å². The number of rotatable bonds is 4. The normalized spacial score (nSPS) is 19.5. The first-order valence-electron chi connectivity index (χ1n) is 6.92. The molecule has 0 bridgehead atoms. The van der Waals surface area contributed by atoms with Gasteiger partial charge in [0.1, 0.15) is 0 Å². The summed E-state index contributed by atoms with van der Waals surface area (Å²) in [6.45, 7) is 8.06. The third-order valence-electron chi connectivity index (χ3n) is 4.24. The number of hydrogen-bond donors (Lipinski definition) is 0. The second kappa shape index (κ2) is 5.42. The maximum absolute atomic E-state index is 6.07. The van der Waals surface area contributed by atoms with Crippen molar-refractivity contribution in [2.45, 2.75) is 38.9 Å². The second-order valence-corrected chi connectivity index (χ2v) is 6.01. The molecule has 116 valence electrons. The summed E-state index contributed by atoms with van der Waals surface area (Å²) in [4.78, 5) is 0. The first-order chi connectivity index (χ1) is 9.77. The van der Waals surface area contributed by atoms with Gasteiger partial charge in [-0.25, -0.2) is 0 Å². The fourth-order valence-electron chi connectivity index (χ4n) is 2.28. The fourth-order valence-corrected chi connectivity index (χ4v) is 2.28. The predicted octanol–water partition coefficient (Wildman–Crippen LogP) is 2.01. The smallest absolute Gasteiger partial charge is 0.493 e. The summed E-state index contributed by atoms with van der Waals surface area (Å²) in [5.74, 6) is 1.71. The Morgan fingerprint density at radius 2 is 1.33 bits per heavy atom. The molecule has 1 aromatic rings. The van der Waals surface area contributed by atoms with Crippen LogP contribution in [0.2, 0.25) is 0 Å². The molecule has 0 spiro atoms. The fraction of sp³-hybridized carbons (Fsp3) is 0.600. The van der Waals surface area contributed by atoms with Crippen molar-refractivity contribution in [3.63, 3.8) is 0 Å². The molecular formula is C15H23BO5. The average molecular weight is 294 g/mol. The Balaban J connectivity index is 2.47. The van der Waals surface area contributed by atoms with Crippen molar-refractivity contribution < 1.29 is 23.5 Å². The minimum atomic E-state index is -0.509. The molecule has 2 rings (SSSR count). The van der Waals surface area contributed by atoms with Crippen LogP contribution in [0.15, 0.2) is 12.1 Å². The van der Waals surface area contributed by atoms with E-state index in [1.165, 1.54) is 0 Å². The molecule has 1 aliphatic rings. The van der Waals surface area contributed by atoms with Crippen LogP contribution in [0.5, 0.6) is 17.2 Å². The molecule has 1 fully saturated rings. The topological polar surface area (TPSA) is 46.2 Å². The van der Waals surface area contributed by atoms with Crippen molar-refractivity contribution in [1.29, 1.82) is 0 Å². The van der Waals surface area contributed by atoms with Crippen LogP contribution in [0, 0.1) is 0 Å². The molecular weight excluding hydrogens is 271 g/mol. The van der Waals surface area contributed by atoms with Gasteiger partial charge in [-0.05, 0) is 33.8 Å². The predicted molar refractivity (Wildman–Crippen MR) is 81.8 cm³/mol. The van der Waals surface area contributed by atoms with E-state index in [9.17, 15) is 0 Å². The minimum absolute atomic E-state index is 0.407. The molecule has 0 unspecified atom stereocenters. The van der Waals surface area contributed by atoms with Gasteiger partial charge in [0.15, 0.2) is 11.5 Å². The van der Waals surface area contributed by atoms with Gasteiger partial charge >= 0.3 is 7.12 Å². The van der Waals surface area contributed by atoms with E-state index in [4.69, 9.17) is 23.5 Å². The van der Waals surface area contributed by atoms with E-state index < -0.39 is 18.3 Å². The molecule has 0 aliphatic carbocycles. The number of methoxy groups -OCH3 is 3. The summed E-state index contributed by atoms with van der Waals surface area (Å²) in [6, 6.07) is 3.70. The Morgan fingerprint density at radius 1 is 0.810 bits per heavy atom. The summed E-state index contributed by atoms with van der Waals surface area (Å²) in [5.41, 5.74) is -0.0279. The van der Waals surface area contributed by atoms with Crippen LogP contribution in [-0.2, 0) is 9.31 Å². The van der Waals surface area contributed by atoms with Crippen LogP contribution in [-0.4, -0.2) is 39.6 Å². The summed E-state index contributed by atoms with van der Waals surface area (Å²) in [5, 5.41) is 0. The van der Waals surface area contributed by atoms with Crippen LogP contribution in [0.3, 0.4) is 0 Å². The van der Waals surface area contributed by atoms with Gasteiger partial charge in [-0.1, -0.05) is 6.07 Å². The maximum Gasteiger partial charge on any atom is 0.498 e. The van der Waals surface area contributed by atoms with E-state index in [-0.39, 0.29) is 0 Å². The summed E-state index contributed by atoms with van der Waals surface area (Å²) < 4.78 is 28.3. The van der Waals surface area contributed by atoms with Gasteiger partial charge < -0.3 is 23.5 Å². The Labute approximate surface area is 126 Å². The Morgan fingerprint density at radius 3 is 1.76 bits per heavy atom. The van der Waals surface area contributed by atoms with Gasteiger partial charge in [-0.15, -0.1) is 0 Å². The van der Waals surface area contributed by atoms with Crippen molar-refractivity contribution in [1.82, 2.24) is 0 Å². The summed E-state index contributed by atoms with van der Waals surface area (Å²) in [6.07, 6.45) is 0. The number of hydrogen-bond acceptors (Lipinski definition) is 5. The van der Waals surface area contributed by atoms with Gasteiger partial charge in [-0.2, -0.15) is 0 Å². The van der Waals surface area contributed by atoms with Gasteiger partial charge in [0, 0.05) is 5.46 Å².